The van der Waals surface area contributed by atoms with Crippen molar-refractivity contribution in [2.75, 3.05) is 39.4 Å². The number of hydrogen-bond donors (Lipinski definition) is 2. The number of hydrogen-bond acceptors (Lipinski definition) is 6. The van der Waals surface area contributed by atoms with Crippen molar-refractivity contribution in [1.29, 1.82) is 0 Å². The number of benzene rings is 1. The largest absolute Gasteiger partial charge is 0.469 e. The number of allylic oxidation sites excluding steroid dienone is 12. The Labute approximate surface area is 306 Å². The summed E-state index contributed by atoms with van der Waals surface area (Å²) in [5, 5.41) is 6.00. The Bertz CT molecular complexity index is 1400. The molecule has 1 saturated heterocycles. The van der Waals surface area contributed by atoms with E-state index in [9.17, 15) is 14.4 Å². The van der Waals surface area contributed by atoms with Gasteiger partial charge in [0.2, 0.25) is 11.7 Å². The molecule has 2 atom stereocenters. The lowest BCUT2D eigenvalue weighted by molar-refractivity contribution is -0.132. The molecule has 276 valence electrons. The van der Waals surface area contributed by atoms with Crippen LogP contribution in [0.2, 0.25) is 0 Å². The Kier molecular flexibility index (Phi) is 20.0. The second-order valence-electron chi connectivity index (χ2n) is 12.8. The van der Waals surface area contributed by atoms with Gasteiger partial charge in [0.05, 0.1) is 13.2 Å². The van der Waals surface area contributed by atoms with Crippen LogP contribution in [0, 0.1) is 0 Å². The minimum absolute atomic E-state index is 0.0356. The highest BCUT2D eigenvalue weighted by molar-refractivity contribution is 6.07. The van der Waals surface area contributed by atoms with Gasteiger partial charge in [0.15, 0.2) is 11.4 Å². The summed E-state index contributed by atoms with van der Waals surface area (Å²) in [6.07, 6.45) is 35.9. The normalized spacial score (nSPS) is 19.3. The van der Waals surface area contributed by atoms with Gasteiger partial charge in [-0.1, -0.05) is 110 Å². The third kappa shape index (κ3) is 16.1. The summed E-state index contributed by atoms with van der Waals surface area (Å²) in [4.78, 5) is 40.5. The van der Waals surface area contributed by atoms with Gasteiger partial charge < -0.3 is 20.1 Å². The van der Waals surface area contributed by atoms with Crippen molar-refractivity contribution in [1.82, 2.24) is 15.5 Å². The van der Waals surface area contributed by atoms with E-state index in [0.717, 1.165) is 58.0 Å². The SMILES string of the molecule is CCC=CCC=CCC=CCC=CCC=CCC=CCCC(=O)NCCC(CCNC(=O)C1=CC(=O)C(C)(c2ccccc2)O1)N1CCOCC1. The molecule has 2 heterocycles. The van der Waals surface area contributed by atoms with Gasteiger partial charge >= 0.3 is 0 Å². The molecule has 0 aliphatic carbocycles. The summed E-state index contributed by atoms with van der Waals surface area (Å²) in [7, 11) is 0. The number of carbonyl (C=O) groups is 3. The molecular formula is C43H59N3O5. The van der Waals surface area contributed by atoms with Gasteiger partial charge in [-0.25, -0.2) is 0 Å². The van der Waals surface area contributed by atoms with Crippen molar-refractivity contribution in [3.8, 4) is 0 Å². The maximum absolute atomic E-state index is 12.9. The fraction of sp³-hybridized carbons (Fsp3) is 0.465. The third-order valence-corrected chi connectivity index (χ3v) is 8.85. The second-order valence-corrected chi connectivity index (χ2v) is 12.8. The van der Waals surface area contributed by atoms with Gasteiger partial charge in [0.25, 0.3) is 5.91 Å². The molecule has 51 heavy (non-hydrogen) atoms. The smallest absolute Gasteiger partial charge is 0.286 e. The van der Waals surface area contributed by atoms with E-state index in [1.807, 2.05) is 30.3 Å². The van der Waals surface area contributed by atoms with Crippen molar-refractivity contribution in [3.05, 3.63) is 121 Å². The Morgan fingerprint density at radius 3 is 1.88 bits per heavy atom. The van der Waals surface area contributed by atoms with Crippen LogP contribution in [0.1, 0.15) is 83.6 Å². The van der Waals surface area contributed by atoms with E-state index in [0.29, 0.717) is 51.1 Å². The van der Waals surface area contributed by atoms with Crippen LogP contribution in [0.25, 0.3) is 0 Å². The Balaban J connectivity index is 1.27. The molecule has 1 aromatic carbocycles. The topological polar surface area (TPSA) is 97.0 Å². The highest BCUT2D eigenvalue weighted by Gasteiger charge is 2.43. The molecule has 8 heteroatoms. The second kappa shape index (κ2) is 24.8. The van der Waals surface area contributed by atoms with Crippen molar-refractivity contribution >= 4 is 17.6 Å². The molecule has 0 aromatic heterocycles. The van der Waals surface area contributed by atoms with Gasteiger partial charge in [0, 0.05) is 50.3 Å². The third-order valence-electron chi connectivity index (χ3n) is 8.85. The van der Waals surface area contributed by atoms with Crippen LogP contribution in [0.5, 0.6) is 0 Å². The molecule has 2 unspecified atom stereocenters. The zero-order valence-electron chi connectivity index (χ0n) is 30.8. The lowest BCUT2D eigenvalue weighted by Gasteiger charge is -2.34. The standard InChI is InChI=1S/C43H59N3O5/c1-3-4-5-6-7-8-9-10-11-12-13-14-15-16-17-18-19-20-24-27-41(48)44-30-28-38(46-32-34-50-35-33-46)29-31-45-42(49)39-36-40(47)43(2,51-39)37-25-22-21-23-26-37/h4-5,7-8,10-11,13-14,16-17,19-23,25-26,36,38H,3,6,9,12,15,18,24,27-35H2,1-2H3,(H,44,48)(H,45,49). The summed E-state index contributed by atoms with van der Waals surface area (Å²) < 4.78 is 11.4. The number of amides is 2. The first-order valence-corrected chi connectivity index (χ1v) is 18.7. The molecule has 1 fully saturated rings. The predicted octanol–water partition coefficient (Wildman–Crippen LogP) is 7.58. The highest BCUT2D eigenvalue weighted by atomic mass is 16.5. The molecule has 2 amide bonds. The zero-order chi connectivity index (χ0) is 36.4. The summed E-state index contributed by atoms with van der Waals surface area (Å²) in [6.45, 7) is 7.79. The predicted molar refractivity (Wildman–Crippen MR) is 207 cm³/mol. The first-order valence-electron chi connectivity index (χ1n) is 18.7. The van der Waals surface area contributed by atoms with Gasteiger partial charge in [-0.05, 0) is 64.7 Å². The van der Waals surface area contributed by atoms with Crippen LogP contribution < -0.4 is 10.6 Å². The number of carbonyl (C=O) groups excluding carboxylic acids is 3. The fourth-order valence-electron chi connectivity index (χ4n) is 5.84. The number of nitrogens with zero attached hydrogens (tertiary/aromatic N) is 1. The molecule has 2 aliphatic heterocycles. The first-order chi connectivity index (χ1) is 24.9. The number of morpholine rings is 1. The first kappa shape index (κ1) is 41.2. The van der Waals surface area contributed by atoms with Crippen LogP contribution in [0.15, 0.2) is 115 Å². The average molecular weight is 698 g/mol. The molecule has 8 nitrogen and oxygen atoms in total. The van der Waals surface area contributed by atoms with Gasteiger partial charge in [-0.3, -0.25) is 19.3 Å². The van der Waals surface area contributed by atoms with E-state index in [-0.39, 0.29) is 23.5 Å². The highest BCUT2D eigenvalue weighted by Crippen LogP contribution is 2.34. The summed E-state index contributed by atoms with van der Waals surface area (Å²) in [5.41, 5.74) is -0.491. The van der Waals surface area contributed by atoms with E-state index < -0.39 is 11.5 Å². The molecule has 0 radical (unpaired) electrons. The molecule has 2 N–H and O–H groups in total. The average Bonchev–Trinajstić information content (AvgIpc) is 3.47. The number of ether oxygens (including phenoxy) is 2. The fourth-order valence-corrected chi connectivity index (χ4v) is 5.84. The lowest BCUT2D eigenvalue weighted by atomic mass is 9.92. The van der Waals surface area contributed by atoms with Crippen LogP contribution in [0.4, 0.5) is 0 Å². The van der Waals surface area contributed by atoms with E-state index in [1.54, 1.807) is 6.92 Å². The van der Waals surface area contributed by atoms with Crippen molar-refractivity contribution < 1.29 is 23.9 Å². The molecule has 3 rings (SSSR count). The number of nitrogens with one attached hydrogen (secondary N) is 2. The monoisotopic (exact) mass is 697 g/mol. The minimum atomic E-state index is -1.20. The van der Waals surface area contributed by atoms with Crippen molar-refractivity contribution in [3.63, 3.8) is 0 Å². The summed E-state index contributed by atoms with van der Waals surface area (Å²) in [5.74, 6) is -0.568. The Hall–Kier alpha value is -4.27. The van der Waals surface area contributed by atoms with Crippen LogP contribution in [-0.4, -0.2) is 67.9 Å². The molecule has 0 spiro atoms. The van der Waals surface area contributed by atoms with E-state index in [1.165, 1.54) is 6.08 Å². The minimum Gasteiger partial charge on any atom is -0.469 e. The van der Waals surface area contributed by atoms with Crippen LogP contribution in [0.3, 0.4) is 0 Å². The van der Waals surface area contributed by atoms with Crippen molar-refractivity contribution in [2.24, 2.45) is 0 Å². The lowest BCUT2D eigenvalue weighted by Crippen LogP contribution is -2.46. The zero-order valence-corrected chi connectivity index (χ0v) is 30.8. The Morgan fingerprint density at radius 2 is 1.31 bits per heavy atom. The molecule has 0 bridgehead atoms. The van der Waals surface area contributed by atoms with E-state index >= 15 is 0 Å². The Morgan fingerprint density at radius 1 is 0.784 bits per heavy atom. The van der Waals surface area contributed by atoms with E-state index in [4.69, 9.17) is 9.47 Å². The van der Waals surface area contributed by atoms with Gasteiger partial charge in [-0.2, -0.15) is 0 Å². The quantitative estimate of drug-likeness (QED) is 0.115. The van der Waals surface area contributed by atoms with Gasteiger partial charge in [-0.15, -0.1) is 0 Å². The molecule has 0 saturated carbocycles. The van der Waals surface area contributed by atoms with Crippen molar-refractivity contribution in [2.45, 2.75) is 89.7 Å². The molecule has 1 aromatic rings. The number of rotatable bonds is 23. The van der Waals surface area contributed by atoms with Gasteiger partial charge in [0.1, 0.15) is 0 Å². The van der Waals surface area contributed by atoms with E-state index in [2.05, 4.69) is 95.4 Å². The summed E-state index contributed by atoms with van der Waals surface area (Å²) in [6, 6.07) is 9.38. The maximum atomic E-state index is 12.9. The van der Waals surface area contributed by atoms with Crippen LogP contribution in [-0.2, 0) is 29.5 Å². The molecule has 2 aliphatic rings. The molecular weight excluding hydrogens is 638 g/mol. The van der Waals surface area contributed by atoms with Crippen LogP contribution >= 0.6 is 0 Å². The number of ketones is 1. The maximum Gasteiger partial charge on any atom is 0.286 e. The summed E-state index contributed by atoms with van der Waals surface area (Å²) >= 11 is 0.